The van der Waals surface area contributed by atoms with Crippen molar-refractivity contribution in [1.82, 2.24) is 20.7 Å². The molecule has 204 valence electrons. The van der Waals surface area contributed by atoms with Crippen molar-refractivity contribution in [1.29, 1.82) is 0 Å². The third kappa shape index (κ3) is 6.43. The predicted molar refractivity (Wildman–Crippen MR) is 147 cm³/mol. The Morgan fingerprint density at radius 1 is 1.21 bits per heavy atom. The molecule has 1 aromatic heterocycles. The van der Waals surface area contributed by atoms with Gasteiger partial charge in [0.25, 0.3) is 5.91 Å². The molecule has 3 aromatic rings. The van der Waals surface area contributed by atoms with Crippen LogP contribution in [0.2, 0.25) is 0 Å². The van der Waals surface area contributed by atoms with Crippen LogP contribution in [0.4, 0.5) is 0 Å². The van der Waals surface area contributed by atoms with E-state index in [0.717, 1.165) is 22.2 Å². The molecule has 0 spiro atoms. The SMILES string of the molecule is C=CC[C@@]1(NC(=O)c2ccc(OCc3cc(C)nc4ccccc34)cc2)C[C@H](CC(=O)NO)CCN1C(C)=O. The first kappa shape index (κ1) is 27.8. The number of aromatic nitrogens is 1. The summed E-state index contributed by atoms with van der Waals surface area (Å²) >= 11 is 0. The van der Waals surface area contributed by atoms with Crippen LogP contribution in [0.5, 0.6) is 5.75 Å². The van der Waals surface area contributed by atoms with Gasteiger partial charge in [0.1, 0.15) is 18.0 Å². The van der Waals surface area contributed by atoms with E-state index >= 15 is 0 Å². The molecule has 39 heavy (non-hydrogen) atoms. The van der Waals surface area contributed by atoms with E-state index in [9.17, 15) is 14.4 Å². The van der Waals surface area contributed by atoms with Gasteiger partial charge in [-0.05, 0) is 62.1 Å². The topological polar surface area (TPSA) is 121 Å². The zero-order valence-electron chi connectivity index (χ0n) is 22.3. The number of rotatable bonds is 9. The Bertz CT molecular complexity index is 1370. The third-order valence-electron chi connectivity index (χ3n) is 7.15. The standard InChI is InChI=1S/C30H34N4O5/c1-4-14-30(18-22(17-28(36)33-38)13-15-34(30)21(3)35)32-29(37)23-9-11-25(12-10-23)39-19-24-16-20(2)31-27-8-6-5-7-26(24)27/h4-12,16,22,38H,1,13-15,17-19H2,2-3H3,(H,32,37)(H,33,36)/t22-,30-/m0/s1. The molecule has 0 unspecified atom stereocenters. The van der Waals surface area contributed by atoms with Crippen LogP contribution in [0.15, 0.2) is 67.3 Å². The van der Waals surface area contributed by atoms with Gasteiger partial charge in [-0.2, -0.15) is 0 Å². The van der Waals surface area contributed by atoms with Crippen LogP contribution < -0.4 is 15.5 Å². The maximum Gasteiger partial charge on any atom is 0.253 e. The Morgan fingerprint density at radius 2 is 1.95 bits per heavy atom. The lowest BCUT2D eigenvalue weighted by atomic mass is 9.81. The van der Waals surface area contributed by atoms with Gasteiger partial charge in [-0.25, -0.2) is 5.48 Å². The minimum Gasteiger partial charge on any atom is -0.489 e. The van der Waals surface area contributed by atoms with Gasteiger partial charge in [-0.1, -0.05) is 24.3 Å². The summed E-state index contributed by atoms with van der Waals surface area (Å²) in [6.45, 7) is 7.97. The van der Waals surface area contributed by atoms with Gasteiger partial charge < -0.3 is 15.0 Å². The number of piperidine rings is 1. The molecule has 3 amide bonds. The maximum atomic E-state index is 13.4. The first-order valence-electron chi connectivity index (χ1n) is 13.0. The Labute approximate surface area is 227 Å². The van der Waals surface area contributed by atoms with Crippen LogP contribution in [-0.2, 0) is 16.2 Å². The molecule has 0 saturated carbocycles. The van der Waals surface area contributed by atoms with Crippen molar-refractivity contribution < 1.29 is 24.3 Å². The van der Waals surface area contributed by atoms with Crippen molar-refractivity contribution in [2.45, 2.75) is 51.8 Å². The summed E-state index contributed by atoms with van der Waals surface area (Å²) in [4.78, 5) is 43.9. The van der Waals surface area contributed by atoms with Crippen LogP contribution >= 0.6 is 0 Å². The Kier molecular flexibility index (Phi) is 8.61. The lowest BCUT2D eigenvalue weighted by molar-refractivity contribution is -0.141. The molecule has 9 heteroatoms. The predicted octanol–water partition coefficient (Wildman–Crippen LogP) is 4.28. The number of para-hydroxylation sites is 1. The number of carbonyl (C=O) groups excluding carboxylic acids is 3. The van der Waals surface area contributed by atoms with Crippen molar-refractivity contribution in [3.8, 4) is 5.75 Å². The van der Waals surface area contributed by atoms with Crippen LogP contribution in [0.25, 0.3) is 10.9 Å². The quantitative estimate of drug-likeness (QED) is 0.216. The molecule has 0 bridgehead atoms. The lowest BCUT2D eigenvalue weighted by Gasteiger charge is -2.49. The Hall–Kier alpha value is -4.24. The van der Waals surface area contributed by atoms with Gasteiger partial charge in [0.15, 0.2) is 0 Å². The summed E-state index contributed by atoms with van der Waals surface area (Å²) in [7, 11) is 0. The smallest absolute Gasteiger partial charge is 0.253 e. The number of benzene rings is 2. The number of hydroxylamine groups is 1. The Balaban J connectivity index is 1.49. The average Bonchev–Trinajstić information content (AvgIpc) is 2.91. The molecule has 9 nitrogen and oxygen atoms in total. The highest BCUT2D eigenvalue weighted by molar-refractivity contribution is 5.95. The second-order valence-electron chi connectivity index (χ2n) is 10.0. The third-order valence-corrected chi connectivity index (χ3v) is 7.15. The van der Waals surface area contributed by atoms with Crippen molar-refractivity contribution in [2.24, 2.45) is 5.92 Å². The summed E-state index contributed by atoms with van der Waals surface area (Å²) < 4.78 is 6.02. The number of aryl methyl sites for hydroxylation is 1. The van der Waals surface area contributed by atoms with Crippen molar-refractivity contribution in [3.63, 3.8) is 0 Å². The van der Waals surface area contributed by atoms with Gasteiger partial charge in [-0.3, -0.25) is 24.6 Å². The Morgan fingerprint density at radius 3 is 2.64 bits per heavy atom. The van der Waals surface area contributed by atoms with E-state index in [2.05, 4.69) is 16.9 Å². The molecule has 0 aliphatic carbocycles. The van der Waals surface area contributed by atoms with Gasteiger partial charge in [0, 0.05) is 48.5 Å². The summed E-state index contributed by atoms with van der Waals surface area (Å²) in [5.74, 6) is -0.538. The summed E-state index contributed by atoms with van der Waals surface area (Å²) in [6, 6.07) is 16.8. The molecule has 0 radical (unpaired) electrons. The van der Waals surface area contributed by atoms with Crippen molar-refractivity contribution in [3.05, 3.63) is 84.1 Å². The minimum atomic E-state index is -1.03. The van der Waals surface area contributed by atoms with Crippen molar-refractivity contribution >= 4 is 28.6 Å². The highest BCUT2D eigenvalue weighted by Gasteiger charge is 2.44. The van der Waals surface area contributed by atoms with E-state index in [1.807, 2.05) is 37.3 Å². The van der Waals surface area contributed by atoms with Crippen LogP contribution in [-0.4, -0.2) is 45.0 Å². The number of hydrogen-bond donors (Lipinski definition) is 3. The number of fused-ring (bicyclic) bond motifs is 1. The summed E-state index contributed by atoms with van der Waals surface area (Å²) in [5, 5.41) is 13.0. The molecule has 4 rings (SSSR count). The summed E-state index contributed by atoms with van der Waals surface area (Å²) in [6.07, 6.45) is 3.01. The fourth-order valence-electron chi connectivity index (χ4n) is 5.42. The first-order valence-corrected chi connectivity index (χ1v) is 13.0. The van der Waals surface area contributed by atoms with Crippen LogP contribution in [0, 0.1) is 12.8 Å². The molecular weight excluding hydrogens is 496 g/mol. The molecular formula is C30H34N4O5. The van der Waals surface area contributed by atoms with E-state index in [0.29, 0.717) is 43.7 Å². The van der Waals surface area contributed by atoms with E-state index in [-0.39, 0.29) is 24.2 Å². The second kappa shape index (κ2) is 12.1. The zero-order valence-corrected chi connectivity index (χ0v) is 22.3. The van der Waals surface area contributed by atoms with Gasteiger partial charge >= 0.3 is 0 Å². The number of nitrogens with zero attached hydrogens (tertiary/aromatic N) is 2. The first-order chi connectivity index (χ1) is 18.7. The number of carbonyl (C=O) groups is 3. The number of ether oxygens (including phenoxy) is 1. The fraction of sp³-hybridized carbons (Fsp3) is 0.333. The molecule has 2 atom stereocenters. The minimum absolute atomic E-state index is 0.0926. The van der Waals surface area contributed by atoms with Crippen LogP contribution in [0.1, 0.15) is 54.2 Å². The molecule has 1 saturated heterocycles. The van der Waals surface area contributed by atoms with E-state index < -0.39 is 11.6 Å². The van der Waals surface area contributed by atoms with E-state index in [4.69, 9.17) is 9.94 Å². The molecule has 3 N–H and O–H groups in total. The molecule has 1 aliphatic heterocycles. The molecule has 1 aliphatic rings. The van der Waals surface area contributed by atoms with E-state index in [1.54, 1.807) is 40.7 Å². The fourth-order valence-corrected chi connectivity index (χ4v) is 5.42. The lowest BCUT2D eigenvalue weighted by Crippen LogP contribution is -2.65. The molecule has 1 fully saturated rings. The average molecular weight is 531 g/mol. The van der Waals surface area contributed by atoms with Crippen molar-refractivity contribution in [2.75, 3.05) is 6.54 Å². The number of pyridine rings is 1. The normalized spacial score (nSPS) is 18.8. The molecule has 2 aromatic carbocycles. The highest BCUT2D eigenvalue weighted by atomic mass is 16.5. The number of nitrogens with one attached hydrogen (secondary N) is 2. The monoisotopic (exact) mass is 530 g/mol. The zero-order chi connectivity index (χ0) is 28.0. The number of amides is 3. The van der Waals surface area contributed by atoms with E-state index in [1.165, 1.54) is 6.92 Å². The van der Waals surface area contributed by atoms with Gasteiger partial charge in [0.2, 0.25) is 11.8 Å². The van der Waals surface area contributed by atoms with Gasteiger partial charge in [0.05, 0.1) is 5.52 Å². The van der Waals surface area contributed by atoms with Crippen LogP contribution in [0.3, 0.4) is 0 Å². The summed E-state index contributed by atoms with van der Waals surface area (Å²) in [5.41, 5.74) is 3.90. The number of hydrogen-bond acceptors (Lipinski definition) is 6. The number of likely N-dealkylation sites (tertiary alicyclic amines) is 1. The highest BCUT2D eigenvalue weighted by Crippen LogP contribution is 2.35. The largest absolute Gasteiger partial charge is 0.489 e. The second-order valence-corrected chi connectivity index (χ2v) is 10.0. The maximum absolute atomic E-state index is 13.4. The molecule has 2 heterocycles. The van der Waals surface area contributed by atoms with Gasteiger partial charge in [-0.15, -0.1) is 6.58 Å².